The van der Waals surface area contributed by atoms with Gasteiger partial charge in [-0.1, -0.05) is 30.7 Å². The molecule has 25 heavy (non-hydrogen) atoms. The van der Waals surface area contributed by atoms with Gasteiger partial charge in [0.1, 0.15) is 0 Å². The maximum absolute atomic E-state index is 12.3. The highest BCUT2D eigenvalue weighted by Gasteiger charge is 2.19. The van der Waals surface area contributed by atoms with Crippen molar-refractivity contribution in [1.82, 2.24) is 10.2 Å². The highest BCUT2D eigenvalue weighted by molar-refractivity contribution is 5.94. The first-order valence-corrected chi connectivity index (χ1v) is 9.08. The third kappa shape index (κ3) is 4.60. The summed E-state index contributed by atoms with van der Waals surface area (Å²) in [5.74, 6) is -0.0684. The maximum Gasteiger partial charge on any atom is 0.251 e. The van der Waals surface area contributed by atoms with Crippen molar-refractivity contribution in [2.45, 2.75) is 45.3 Å². The molecule has 1 atom stereocenters. The average molecular weight is 337 g/mol. The second-order valence-corrected chi connectivity index (χ2v) is 6.89. The molecule has 1 aliphatic rings. The van der Waals surface area contributed by atoms with Crippen molar-refractivity contribution in [3.63, 3.8) is 0 Å². The number of amides is 1. The SMILES string of the molecule is CC1CCCCN1Cc1ccccc1CNC(=O)c1ccc(N)cc1. The average Bonchev–Trinajstić information content (AvgIpc) is 2.63. The molecule has 3 rings (SSSR count). The Morgan fingerprint density at radius 3 is 2.56 bits per heavy atom. The number of hydrogen-bond acceptors (Lipinski definition) is 3. The molecule has 1 saturated heterocycles. The molecule has 0 saturated carbocycles. The van der Waals surface area contributed by atoms with Gasteiger partial charge >= 0.3 is 0 Å². The normalized spacial score (nSPS) is 18.0. The fourth-order valence-electron chi connectivity index (χ4n) is 3.41. The second-order valence-electron chi connectivity index (χ2n) is 6.89. The van der Waals surface area contributed by atoms with Gasteiger partial charge in [0.05, 0.1) is 0 Å². The lowest BCUT2D eigenvalue weighted by Crippen LogP contribution is -2.37. The van der Waals surface area contributed by atoms with E-state index in [1.54, 1.807) is 24.3 Å². The predicted molar refractivity (Wildman–Crippen MR) is 102 cm³/mol. The highest BCUT2D eigenvalue weighted by Crippen LogP contribution is 2.21. The smallest absolute Gasteiger partial charge is 0.251 e. The number of nitrogens with one attached hydrogen (secondary N) is 1. The summed E-state index contributed by atoms with van der Waals surface area (Å²) in [6.07, 6.45) is 3.88. The van der Waals surface area contributed by atoms with Crippen LogP contribution in [0.25, 0.3) is 0 Å². The van der Waals surface area contributed by atoms with Gasteiger partial charge in [0.25, 0.3) is 5.91 Å². The van der Waals surface area contributed by atoms with E-state index in [0.29, 0.717) is 23.8 Å². The lowest BCUT2D eigenvalue weighted by Gasteiger charge is -2.33. The Bertz CT molecular complexity index is 711. The van der Waals surface area contributed by atoms with Crippen molar-refractivity contribution in [3.8, 4) is 0 Å². The molecule has 1 unspecified atom stereocenters. The molecule has 0 spiro atoms. The van der Waals surface area contributed by atoms with E-state index in [-0.39, 0.29) is 5.91 Å². The van der Waals surface area contributed by atoms with Crippen LogP contribution in [-0.4, -0.2) is 23.4 Å². The van der Waals surface area contributed by atoms with Crippen LogP contribution >= 0.6 is 0 Å². The van der Waals surface area contributed by atoms with E-state index in [2.05, 4.69) is 35.3 Å². The van der Waals surface area contributed by atoms with E-state index in [0.717, 1.165) is 13.1 Å². The van der Waals surface area contributed by atoms with Gasteiger partial charge in [0, 0.05) is 30.4 Å². The summed E-state index contributed by atoms with van der Waals surface area (Å²) in [4.78, 5) is 14.9. The third-order valence-electron chi connectivity index (χ3n) is 5.04. The zero-order valence-electron chi connectivity index (χ0n) is 14.9. The second kappa shape index (κ2) is 8.17. The Kier molecular flexibility index (Phi) is 5.71. The molecule has 1 amide bonds. The van der Waals surface area contributed by atoms with E-state index >= 15 is 0 Å². The van der Waals surface area contributed by atoms with Crippen molar-refractivity contribution >= 4 is 11.6 Å². The van der Waals surface area contributed by atoms with Gasteiger partial charge < -0.3 is 11.1 Å². The van der Waals surface area contributed by atoms with Crippen LogP contribution in [0.1, 0.15) is 47.7 Å². The van der Waals surface area contributed by atoms with Crippen molar-refractivity contribution in [1.29, 1.82) is 0 Å². The first-order valence-electron chi connectivity index (χ1n) is 9.08. The molecule has 3 N–H and O–H groups in total. The van der Waals surface area contributed by atoms with E-state index < -0.39 is 0 Å². The van der Waals surface area contributed by atoms with Crippen molar-refractivity contribution in [2.24, 2.45) is 0 Å². The quantitative estimate of drug-likeness (QED) is 0.820. The zero-order chi connectivity index (χ0) is 17.6. The molecule has 1 aliphatic heterocycles. The van der Waals surface area contributed by atoms with Gasteiger partial charge in [-0.15, -0.1) is 0 Å². The number of piperidine rings is 1. The van der Waals surface area contributed by atoms with Crippen LogP contribution in [0.3, 0.4) is 0 Å². The summed E-state index contributed by atoms with van der Waals surface area (Å²) in [6, 6.07) is 16.0. The number of nitrogens with two attached hydrogens (primary N) is 1. The Morgan fingerprint density at radius 2 is 1.84 bits per heavy atom. The summed E-state index contributed by atoms with van der Waals surface area (Å²) in [5, 5.41) is 3.03. The van der Waals surface area contributed by atoms with Crippen LogP contribution in [0.15, 0.2) is 48.5 Å². The number of hydrogen-bond donors (Lipinski definition) is 2. The fourth-order valence-corrected chi connectivity index (χ4v) is 3.41. The topological polar surface area (TPSA) is 58.4 Å². The minimum absolute atomic E-state index is 0.0684. The van der Waals surface area contributed by atoms with Gasteiger partial charge in [-0.05, 0) is 61.7 Å². The number of nitrogens with zero attached hydrogens (tertiary/aromatic N) is 1. The molecule has 0 radical (unpaired) electrons. The highest BCUT2D eigenvalue weighted by atomic mass is 16.1. The van der Waals surface area contributed by atoms with Gasteiger partial charge in [0.2, 0.25) is 0 Å². The molecule has 2 aromatic carbocycles. The van der Waals surface area contributed by atoms with Crippen molar-refractivity contribution < 1.29 is 4.79 Å². The molecule has 4 heteroatoms. The van der Waals surface area contributed by atoms with Gasteiger partial charge in [-0.3, -0.25) is 9.69 Å². The Labute approximate surface area is 150 Å². The number of rotatable bonds is 5. The number of likely N-dealkylation sites (tertiary alicyclic amines) is 1. The maximum atomic E-state index is 12.3. The Balaban J connectivity index is 1.64. The molecule has 2 aromatic rings. The lowest BCUT2D eigenvalue weighted by atomic mass is 10.0. The van der Waals surface area contributed by atoms with E-state index in [1.807, 2.05) is 6.07 Å². The molecule has 1 fully saturated rings. The van der Waals surface area contributed by atoms with Crippen LogP contribution in [0.4, 0.5) is 5.69 Å². The minimum atomic E-state index is -0.0684. The minimum Gasteiger partial charge on any atom is -0.399 e. The largest absolute Gasteiger partial charge is 0.399 e. The summed E-state index contributed by atoms with van der Waals surface area (Å²) >= 11 is 0. The van der Waals surface area contributed by atoms with E-state index in [9.17, 15) is 4.79 Å². The number of anilines is 1. The number of carbonyl (C=O) groups is 1. The molecule has 0 bridgehead atoms. The van der Waals surface area contributed by atoms with E-state index in [1.165, 1.54) is 30.4 Å². The summed E-state index contributed by atoms with van der Waals surface area (Å²) in [6.45, 7) is 4.97. The molecule has 0 aromatic heterocycles. The molecule has 1 heterocycles. The first-order chi connectivity index (χ1) is 12.1. The summed E-state index contributed by atoms with van der Waals surface area (Å²) < 4.78 is 0. The van der Waals surface area contributed by atoms with Gasteiger partial charge in [0.15, 0.2) is 0 Å². The molecule has 132 valence electrons. The Hall–Kier alpha value is -2.33. The monoisotopic (exact) mass is 337 g/mol. The standard InChI is InChI=1S/C21H27N3O/c1-16-6-4-5-13-24(16)15-19-8-3-2-7-18(19)14-23-21(25)17-9-11-20(22)12-10-17/h2-3,7-12,16H,4-6,13-15,22H2,1H3,(H,23,25). The molecule has 0 aliphatic carbocycles. The fraction of sp³-hybridized carbons (Fsp3) is 0.381. The van der Waals surface area contributed by atoms with Gasteiger partial charge in [-0.25, -0.2) is 0 Å². The predicted octanol–water partition coefficient (Wildman–Crippen LogP) is 3.57. The molecule has 4 nitrogen and oxygen atoms in total. The third-order valence-corrected chi connectivity index (χ3v) is 5.04. The Morgan fingerprint density at radius 1 is 1.12 bits per heavy atom. The van der Waals surface area contributed by atoms with Gasteiger partial charge in [-0.2, -0.15) is 0 Å². The summed E-state index contributed by atoms with van der Waals surface area (Å²) in [7, 11) is 0. The number of nitrogen functional groups attached to an aromatic ring is 1. The molecular weight excluding hydrogens is 310 g/mol. The first kappa shape index (κ1) is 17.5. The van der Waals surface area contributed by atoms with Crippen LogP contribution in [0.5, 0.6) is 0 Å². The van der Waals surface area contributed by atoms with Crippen molar-refractivity contribution in [2.75, 3.05) is 12.3 Å². The zero-order valence-corrected chi connectivity index (χ0v) is 14.9. The van der Waals surface area contributed by atoms with Crippen LogP contribution in [0.2, 0.25) is 0 Å². The van der Waals surface area contributed by atoms with Crippen molar-refractivity contribution in [3.05, 3.63) is 65.2 Å². The number of carbonyl (C=O) groups excluding carboxylic acids is 1. The van der Waals surface area contributed by atoms with E-state index in [4.69, 9.17) is 5.73 Å². The lowest BCUT2D eigenvalue weighted by molar-refractivity contribution is 0.0950. The van der Waals surface area contributed by atoms with Crippen LogP contribution < -0.4 is 11.1 Å². The van der Waals surface area contributed by atoms with Crippen LogP contribution in [0, 0.1) is 0 Å². The number of benzene rings is 2. The molecular formula is C21H27N3O. The van der Waals surface area contributed by atoms with Crippen LogP contribution in [-0.2, 0) is 13.1 Å². The summed E-state index contributed by atoms with van der Waals surface area (Å²) in [5.41, 5.74) is 9.46.